The zero-order valence-electron chi connectivity index (χ0n) is 14.6. The minimum absolute atomic E-state index is 0.0864. The van der Waals surface area contributed by atoms with Crippen molar-refractivity contribution in [2.45, 2.75) is 46.7 Å². The van der Waals surface area contributed by atoms with Crippen LogP contribution in [0.15, 0.2) is 27.4 Å². The Hall–Kier alpha value is -2.90. The number of hydrogen-bond acceptors (Lipinski definition) is 6. The molecule has 3 aromatic rings. The van der Waals surface area contributed by atoms with E-state index in [9.17, 15) is 4.79 Å². The van der Waals surface area contributed by atoms with E-state index in [4.69, 9.17) is 9.05 Å². The quantitative estimate of drug-likeness (QED) is 0.707. The molecule has 0 aliphatic rings. The number of aryl methyl sites for hydroxylation is 3. The Balaban J connectivity index is 1.53. The molecule has 0 fully saturated rings. The Labute approximate surface area is 145 Å². The molecule has 1 N–H and O–H groups in total. The lowest BCUT2D eigenvalue weighted by molar-refractivity contribution is -0.121. The molecule has 3 aromatic heterocycles. The Morgan fingerprint density at radius 3 is 2.84 bits per heavy atom. The summed E-state index contributed by atoms with van der Waals surface area (Å²) in [6, 6.07) is 3.87. The van der Waals surface area contributed by atoms with E-state index in [-0.39, 0.29) is 12.5 Å². The average molecular weight is 343 g/mol. The van der Waals surface area contributed by atoms with Crippen LogP contribution in [0.5, 0.6) is 0 Å². The molecule has 0 spiro atoms. The van der Waals surface area contributed by atoms with Crippen LogP contribution in [0.3, 0.4) is 0 Å². The lowest BCUT2D eigenvalue weighted by Gasteiger charge is -2.02. The van der Waals surface area contributed by atoms with Crippen molar-refractivity contribution < 1.29 is 13.8 Å². The zero-order chi connectivity index (χ0) is 17.8. The summed E-state index contributed by atoms with van der Waals surface area (Å²) in [7, 11) is 0. The fourth-order valence-corrected chi connectivity index (χ4v) is 2.68. The number of carbonyl (C=O) groups is 1. The first kappa shape index (κ1) is 16.9. The van der Waals surface area contributed by atoms with Gasteiger partial charge in [0.15, 0.2) is 0 Å². The van der Waals surface area contributed by atoms with Crippen LogP contribution in [0.4, 0.5) is 0 Å². The van der Waals surface area contributed by atoms with Crippen LogP contribution in [0.25, 0.3) is 11.5 Å². The number of nitrogens with one attached hydrogen (secondary N) is 1. The summed E-state index contributed by atoms with van der Waals surface area (Å²) in [6.45, 7) is 6.80. The van der Waals surface area contributed by atoms with Gasteiger partial charge in [0, 0.05) is 24.7 Å². The zero-order valence-corrected chi connectivity index (χ0v) is 14.6. The maximum absolute atomic E-state index is 12.0. The van der Waals surface area contributed by atoms with Crippen LogP contribution in [0.2, 0.25) is 0 Å². The van der Waals surface area contributed by atoms with Crippen LogP contribution < -0.4 is 5.32 Å². The van der Waals surface area contributed by atoms with Gasteiger partial charge in [-0.15, -0.1) is 0 Å². The van der Waals surface area contributed by atoms with Gasteiger partial charge in [-0.3, -0.25) is 4.79 Å². The number of hydrogen-bond donors (Lipinski definition) is 1. The number of nitrogens with zero attached hydrogens (tertiary/aromatic N) is 4. The molecule has 0 saturated carbocycles. The van der Waals surface area contributed by atoms with Crippen molar-refractivity contribution in [2.24, 2.45) is 0 Å². The predicted molar refractivity (Wildman–Crippen MR) is 89.5 cm³/mol. The average Bonchev–Trinajstić information content (AvgIpc) is 3.31. The molecule has 3 heterocycles. The largest absolute Gasteiger partial charge is 0.361 e. The third-order valence-corrected chi connectivity index (χ3v) is 4.09. The van der Waals surface area contributed by atoms with Crippen molar-refractivity contribution in [1.82, 2.24) is 25.2 Å². The predicted octanol–water partition coefficient (Wildman–Crippen LogP) is 2.41. The van der Waals surface area contributed by atoms with Crippen LogP contribution in [-0.4, -0.2) is 25.8 Å². The van der Waals surface area contributed by atoms with Crippen LogP contribution in [0, 0.1) is 13.8 Å². The molecule has 0 bridgehead atoms. The highest BCUT2D eigenvalue weighted by molar-refractivity contribution is 5.76. The molecule has 0 unspecified atom stereocenters. The van der Waals surface area contributed by atoms with E-state index in [0.717, 1.165) is 29.3 Å². The van der Waals surface area contributed by atoms with Gasteiger partial charge in [0.05, 0.1) is 17.9 Å². The summed E-state index contributed by atoms with van der Waals surface area (Å²) in [5.41, 5.74) is 2.70. The van der Waals surface area contributed by atoms with Gasteiger partial charge in [0.1, 0.15) is 5.76 Å². The van der Waals surface area contributed by atoms with Crippen molar-refractivity contribution in [1.29, 1.82) is 0 Å². The minimum Gasteiger partial charge on any atom is -0.361 e. The van der Waals surface area contributed by atoms with Gasteiger partial charge >= 0.3 is 0 Å². The smallest absolute Gasteiger partial charge is 0.246 e. The van der Waals surface area contributed by atoms with Crippen molar-refractivity contribution in [3.63, 3.8) is 0 Å². The van der Waals surface area contributed by atoms with Gasteiger partial charge in [-0.1, -0.05) is 10.3 Å². The first-order valence-corrected chi connectivity index (χ1v) is 8.25. The van der Waals surface area contributed by atoms with E-state index >= 15 is 0 Å². The van der Waals surface area contributed by atoms with Crippen LogP contribution in [-0.2, 0) is 24.3 Å². The normalized spacial score (nSPS) is 11.0. The molecule has 0 saturated heterocycles. The van der Waals surface area contributed by atoms with E-state index in [0.29, 0.717) is 24.6 Å². The van der Waals surface area contributed by atoms with E-state index < -0.39 is 0 Å². The molecule has 25 heavy (non-hydrogen) atoms. The number of carbonyl (C=O) groups excluding carboxylic acids is 1. The second-order valence-electron chi connectivity index (χ2n) is 5.77. The number of aromatic nitrogens is 4. The standard InChI is InChI=1S/C17H21N5O3/c1-4-22-9-5-6-14(22)17-19-16(25-21-17)10-18-15(23)8-7-13-11(2)20-24-12(13)3/h5-6,9H,4,7-8,10H2,1-3H3,(H,18,23). The Morgan fingerprint density at radius 1 is 1.28 bits per heavy atom. The van der Waals surface area contributed by atoms with E-state index in [1.165, 1.54) is 0 Å². The first-order valence-electron chi connectivity index (χ1n) is 8.25. The molecule has 0 aromatic carbocycles. The van der Waals surface area contributed by atoms with Crippen molar-refractivity contribution in [2.75, 3.05) is 0 Å². The fourth-order valence-electron chi connectivity index (χ4n) is 2.68. The van der Waals surface area contributed by atoms with Gasteiger partial charge in [-0.05, 0) is 39.3 Å². The van der Waals surface area contributed by atoms with Gasteiger partial charge in [0.2, 0.25) is 17.6 Å². The molecule has 8 heteroatoms. The molecule has 0 aliphatic heterocycles. The molecule has 0 atom stereocenters. The lowest BCUT2D eigenvalue weighted by atomic mass is 10.1. The Kier molecular flexibility index (Phi) is 4.97. The molecule has 3 rings (SSSR count). The lowest BCUT2D eigenvalue weighted by Crippen LogP contribution is -2.23. The highest BCUT2D eigenvalue weighted by Crippen LogP contribution is 2.17. The maximum atomic E-state index is 12.0. The number of rotatable bonds is 7. The molecule has 132 valence electrons. The third kappa shape index (κ3) is 3.78. The first-order chi connectivity index (χ1) is 12.1. The highest BCUT2D eigenvalue weighted by atomic mass is 16.5. The molecule has 1 amide bonds. The summed E-state index contributed by atoms with van der Waals surface area (Å²) in [5, 5.41) is 10.7. The van der Waals surface area contributed by atoms with E-state index in [1.54, 1.807) is 0 Å². The van der Waals surface area contributed by atoms with E-state index in [2.05, 4.69) is 20.6 Å². The maximum Gasteiger partial charge on any atom is 0.246 e. The van der Waals surface area contributed by atoms with Crippen LogP contribution in [0.1, 0.15) is 36.3 Å². The van der Waals surface area contributed by atoms with Gasteiger partial charge in [-0.25, -0.2) is 0 Å². The summed E-state index contributed by atoms with van der Waals surface area (Å²) in [4.78, 5) is 16.3. The third-order valence-electron chi connectivity index (χ3n) is 4.09. The Bertz CT molecular complexity index is 842. The van der Waals surface area contributed by atoms with Crippen molar-refractivity contribution in [3.05, 3.63) is 41.2 Å². The van der Waals surface area contributed by atoms with Crippen molar-refractivity contribution in [3.8, 4) is 11.5 Å². The van der Waals surface area contributed by atoms with Crippen LogP contribution >= 0.6 is 0 Å². The summed E-state index contributed by atoms with van der Waals surface area (Å²) < 4.78 is 12.3. The number of amides is 1. The molecular weight excluding hydrogens is 322 g/mol. The second kappa shape index (κ2) is 7.33. The minimum atomic E-state index is -0.0864. The van der Waals surface area contributed by atoms with Gasteiger partial charge in [-0.2, -0.15) is 4.98 Å². The van der Waals surface area contributed by atoms with Gasteiger partial charge in [0.25, 0.3) is 0 Å². The summed E-state index contributed by atoms with van der Waals surface area (Å²) in [6.07, 6.45) is 2.90. The molecule has 0 radical (unpaired) electrons. The SMILES string of the molecule is CCn1cccc1-c1noc(CNC(=O)CCc2c(C)noc2C)n1. The molecule has 0 aliphatic carbocycles. The summed E-state index contributed by atoms with van der Waals surface area (Å²) in [5.74, 6) is 1.57. The van der Waals surface area contributed by atoms with Crippen molar-refractivity contribution >= 4 is 5.91 Å². The van der Waals surface area contributed by atoms with Gasteiger partial charge < -0.3 is 18.9 Å². The van der Waals surface area contributed by atoms with E-state index in [1.807, 2.05) is 43.7 Å². The monoisotopic (exact) mass is 343 g/mol. The molecule has 8 nitrogen and oxygen atoms in total. The second-order valence-corrected chi connectivity index (χ2v) is 5.77. The molecular formula is C17H21N5O3. The summed E-state index contributed by atoms with van der Waals surface area (Å²) >= 11 is 0. The Morgan fingerprint density at radius 2 is 2.12 bits per heavy atom. The fraction of sp³-hybridized carbons (Fsp3) is 0.412. The highest BCUT2D eigenvalue weighted by Gasteiger charge is 2.14. The topological polar surface area (TPSA) is 99.0 Å².